The lowest BCUT2D eigenvalue weighted by Gasteiger charge is -2.34. The van der Waals surface area contributed by atoms with Gasteiger partial charge in [0.2, 0.25) is 23.8 Å². The van der Waals surface area contributed by atoms with Gasteiger partial charge in [-0.25, -0.2) is 0 Å². The normalized spacial score (nSPS) is 15.2. The molecule has 0 spiro atoms. The van der Waals surface area contributed by atoms with Crippen molar-refractivity contribution in [2.24, 2.45) is 0 Å². The Morgan fingerprint density at radius 3 is 2.29 bits per heavy atom. The molecule has 1 aliphatic heterocycles. The fourth-order valence-electron chi connectivity index (χ4n) is 2.38. The number of anilines is 3. The maximum atomic E-state index is 11.4. The van der Waals surface area contributed by atoms with Crippen LogP contribution >= 0.6 is 0 Å². The van der Waals surface area contributed by atoms with E-state index in [1.165, 1.54) is 0 Å². The highest BCUT2D eigenvalue weighted by atomic mass is 16.2. The maximum Gasteiger partial charge on any atom is 0.232 e. The molecule has 8 nitrogen and oxygen atoms in total. The minimum Gasteiger partial charge on any atom is -0.368 e. The van der Waals surface area contributed by atoms with Gasteiger partial charge in [-0.3, -0.25) is 4.79 Å². The van der Waals surface area contributed by atoms with Crippen LogP contribution in [0.1, 0.15) is 20.8 Å². The molecule has 0 unspecified atom stereocenters. The van der Waals surface area contributed by atoms with E-state index >= 15 is 0 Å². The zero-order chi connectivity index (χ0) is 15.4. The van der Waals surface area contributed by atoms with E-state index in [1.54, 1.807) is 6.92 Å². The van der Waals surface area contributed by atoms with Crippen molar-refractivity contribution in [3.05, 3.63) is 0 Å². The summed E-state index contributed by atoms with van der Waals surface area (Å²) in [5.74, 6) is 1.54. The molecule has 0 atom stereocenters. The fraction of sp³-hybridized carbons (Fsp3) is 0.692. The third kappa shape index (κ3) is 3.50. The summed E-state index contributed by atoms with van der Waals surface area (Å²) in [5.41, 5.74) is 5.81. The molecule has 1 saturated heterocycles. The van der Waals surface area contributed by atoms with Gasteiger partial charge in [-0.2, -0.15) is 15.0 Å². The first-order valence-electron chi connectivity index (χ1n) is 7.32. The largest absolute Gasteiger partial charge is 0.368 e. The molecule has 21 heavy (non-hydrogen) atoms. The Morgan fingerprint density at radius 2 is 1.76 bits per heavy atom. The van der Waals surface area contributed by atoms with Gasteiger partial charge < -0.3 is 20.4 Å². The van der Waals surface area contributed by atoms with Crippen LogP contribution in [0.2, 0.25) is 0 Å². The highest BCUT2D eigenvalue weighted by molar-refractivity contribution is 5.73. The Hall–Kier alpha value is -2.12. The first kappa shape index (κ1) is 15.3. The van der Waals surface area contributed by atoms with Crippen LogP contribution in [-0.4, -0.2) is 65.0 Å². The first-order valence-corrected chi connectivity index (χ1v) is 7.32. The molecule has 116 valence electrons. The van der Waals surface area contributed by atoms with Crippen LogP contribution in [0.3, 0.4) is 0 Å². The number of piperazine rings is 1. The first-order chi connectivity index (χ1) is 10.0. The summed E-state index contributed by atoms with van der Waals surface area (Å²) < 4.78 is 0. The highest BCUT2D eigenvalue weighted by Crippen LogP contribution is 2.16. The van der Waals surface area contributed by atoms with Crippen molar-refractivity contribution >= 4 is 23.8 Å². The van der Waals surface area contributed by atoms with Crippen LogP contribution in [0.5, 0.6) is 0 Å². The van der Waals surface area contributed by atoms with E-state index in [1.807, 2.05) is 14.7 Å². The Balaban J connectivity index is 2.15. The van der Waals surface area contributed by atoms with E-state index < -0.39 is 0 Å². The summed E-state index contributed by atoms with van der Waals surface area (Å²) in [6.45, 7) is 10.1. The third-order valence-electron chi connectivity index (χ3n) is 3.68. The molecule has 1 fully saturated rings. The molecule has 2 rings (SSSR count). The molecule has 1 aromatic rings. The van der Waals surface area contributed by atoms with E-state index in [-0.39, 0.29) is 11.9 Å². The summed E-state index contributed by atoms with van der Waals surface area (Å²) in [6, 6.07) is 0. The molecule has 0 saturated carbocycles. The van der Waals surface area contributed by atoms with Gasteiger partial charge in [-0.1, -0.05) is 0 Å². The smallest absolute Gasteiger partial charge is 0.232 e. The SMILES string of the molecule is CCN(CC)c1nc(N)nc(N2CCN(C(C)=O)CC2)n1. The van der Waals surface area contributed by atoms with E-state index in [4.69, 9.17) is 5.73 Å². The molecule has 2 N–H and O–H groups in total. The molecule has 1 amide bonds. The van der Waals surface area contributed by atoms with E-state index in [0.29, 0.717) is 38.1 Å². The summed E-state index contributed by atoms with van der Waals surface area (Å²) in [7, 11) is 0. The minimum atomic E-state index is 0.105. The molecule has 1 aromatic heterocycles. The van der Waals surface area contributed by atoms with Crippen LogP contribution in [0.15, 0.2) is 0 Å². The van der Waals surface area contributed by atoms with Gasteiger partial charge in [0.15, 0.2) is 0 Å². The number of rotatable bonds is 4. The average molecular weight is 293 g/mol. The predicted molar refractivity (Wildman–Crippen MR) is 82.3 cm³/mol. The molecule has 1 aliphatic rings. The van der Waals surface area contributed by atoms with Gasteiger partial charge in [0, 0.05) is 46.2 Å². The van der Waals surface area contributed by atoms with Crippen molar-refractivity contribution in [3.8, 4) is 0 Å². The van der Waals surface area contributed by atoms with E-state index in [0.717, 1.165) is 13.1 Å². The van der Waals surface area contributed by atoms with Gasteiger partial charge in [-0.15, -0.1) is 0 Å². The molecule has 2 heterocycles. The highest BCUT2D eigenvalue weighted by Gasteiger charge is 2.22. The van der Waals surface area contributed by atoms with Crippen LogP contribution in [0.4, 0.5) is 17.8 Å². The number of nitrogens with zero attached hydrogens (tertiary/aromatic N) is 6. The van der Waals surface area contributed by atoms with Crippen LogP contribution < -0.4 is 15.5 Å². The van der Waals surface area contributed by atoms with Gasteiger partial charge in [0.1, 0.15) is 0 Å². The zero-order valence-electron chi connectivity index (χ0n) is 12.9. The van der Waals surface area contributed by atoms with Crippen molar-refractivity contribution < 1.29 is 4.79 Å². The quantitative estimate of drug-likeness (QED) is 0.833. The van der Waals surface area contributed by atoms with Crippen molar-refractivity contribution in [1.29, 1.82) is 0 Å². The topological polar surface area (TPSA) is 91.5 Å². The lowest BCUT2D eigenvalue weighted by molar-refractivity contribution is -0.129. The number of hydrogen-bond donors (Lipinski definition) is 1. The summed E-state index contributed by atoms with van der Waals surface area (Å²) in [5, 5.41) is 0. The van der Waals surface area contributed by atoms with Crippen molar-refractivity contribution in [2.45, 2.75) is 20.8 Å². The second-order valence-corrected chi connectivity index (χ2v) is 4.96. The zero-order valence-corrected chi connectivity index (χ0v) is 12.9. The van der Waals surface area contributed by atoms with Gasteiger partial charge in [0.05, 0.1) is 0 Å². The van der Waals surface area contributed by atoms with E-state index in [9.17, 15) is 4.79 Å². The number of nitrogens with two attached hydrogens (primary N) is 1. The lowest BCUT2D eigenvalue weighted by atomic mass is 10.3. The second-order valence-electron chi connectivity index (χ2n) is 4.96. The number of carbonyl (C=O) groups excluding carboxylic acids is 1. The molecular weight excluding hydrogens is 270 g/mol. The van der Waals surface area contributed by atoms with Crippen molar-refractivity contribution in [2.75, 3.05) is 54.8 Å². The number of aromatic nitrogens is 3. The summed E-state index contributed by atoms with van der Waals surface area (Å²) >= 11 is 0. The Morgan fingerprint density at radius 1 is 1.14 bits per heavy atom. The predicted octanol–water partition coefficient (Wildman–Crippen LogP) is -0.0315. The summed E-state index contributed by atoms with van der Waals surface area (Å²) in [6.07, 6.45) is 0. The molecular formula is C13H23N7O. The molecule has 0 bridgehead atoms. The molecule has 0 aromatic carbocycles. The Kier molecular flexibility index (Phi) is 4.77. The Bertz CT molecular complexity index is 495. The van der Waals surface area contributed by atoms with Gasteiger partial charge >= 0.3 is 0 Å². The second kappa shape index (κ2) is 6.55. The van der Waals surface area contributed by atoms with Gasteiger partial charge in [0.25, 0.3) is 0 Å². The standard InChI is InChI=1S/C13H23N7O/c1-4-18(5-2)12-15-11(14)16-13(17-12)20-8-6-19(7-9-20)10(3)21/h4-9H2,1-3H3,(H2,14,15,16,17). The molecule has 0 aliphatic carbocycles. The fourth-order valence-corrected chi connectivity index (χ4v) is 2.38. The maximum absolute atomic E-state index is 11.4. The average Bonchev–Trinajstić information content (AvgIpc) is 2.48. The number of carbonyl (C=O) groups is 1. The molecule has 0 radical (unpaired) electrons. The monoisotopic (exact) mass is 293 g/mol. The van der Waals surface area contributed by atoms with Crippen LogP contribution in [-0.2, 0) is 4.79 Å². The van der Waals surface area contributed by atoms with E-state index in [2.05, 4.69) is 28.8 Å². The van der Waals surface area contributed by atoms with Crippen molar-refractivity contribution in [3.63, 3.8) is 0 Å². The number of amides is 1. The minimum absolute atomic E-state index is 0.105. The Labute approximate surface area is 125 Å². The number of hydrogen-bond acceptors (Lipinski definition) is 7. The van der Waals surface area contributed by atoms with Crippen molar-refractivity contribution in [1.82, 2.24) is 19.9 Å². The lowest BCUT2D eigenvalue weighted by Crippen LogP contribution is -2.48. The third-order valence-corrected chi connectivity index (χ3v) is 3.68. The van der Waals surface area contributed by atoms with Gasteiger partial charge in [-0.05, 0) is 13.8 Å². The van der Waals surface area contributed by atoms with Crippen LogP contribution in [0, 0.1) is 0 Å². The molecule has 8 heteroatoms. The summed E-state index contributed by atoms with van der Waals surface area (Å²) in [4.78, 5) is 30.2. The number of nitrogen functional groups attached to an aromatic ring is 1. The van der Waals surface area contributed by atoms with Crippen LogP contribution in [0.25, 0.3) is 0 Å².